The van der Waals surface area contributed by atoms with Crippen LogP contribution in [0.2, 0.25) is 0 Å². The van der Waals surface area contributed by atoms with Gasteiger partial charge < -0.3 is 9.64 Å². The molecule has 0 aliphatic heterocycles. The lowest BCUT2D eigenvalue weighted by molar-refractivity contribution is -0.132. The molecule has 1 aromatic carbocycles. The number of benzene rings is 1. The van der Waals surface area contributed by atoms with E-state index in [1.165, 1.54) is 10.9 Å². The molecule has 8 heteroatoms. The van der Waals surface area contributed by atoms with Crippen LogP contribution >= 0.6 is 0 Å². The monoisotopic (exact) mass is 369 g/mol. The maximum Gasteiger partial charge on any atom is 0.261 e. The zero-order valence-electron chi connectivity index (χ0n) is 15.5. The summed E-state index contributed by atoms with van der Waals surface area (Å²) in [5.41, 5.74) is 1.47. The van der Waals surface area contributed by atoms with Crippen LogP contribution in [-0.2, 0) is 29.7 Å². The van der Waals surface area contributed by atoms with Gasteiger partial charge in [0.05, 0.1) is 30.0 Å². The van der Waals surface area contributed by atoms with Gasteiger partial charge in [-0.2, -0.15) is 5.10 Å². The molecule has 3 aromatic rings. The van der Waals surface area contributed by atoms with Gasteiger partial charge in [0.2, 0.25) is 5.91 Å². The van der Waals surface area contributed by atoms with Gasteiger partial charge in [-0.05, 0) is 12.1 Å². The second-order valence-corrected chi connectivity index (χ2v) is 6.34. The Bertz CT molecular complexity index is 979. The summed E-state index contributed by atoms with van der Waals surface area (Å²) < 4.78 is 8.30. The molecule has 1 amide bonds. The van der Waals surface area contributed by atoms with E-state index < -0.39 is 0 Å². The first kappa shape index (κ1) is 18.8. The van der Waals surface area contributed by atoms with Gasteiger partial charge >= 0.3 is 0 Å². The Morgan fingerprint density at radius 2 is 2.11 bits per heavy atom. The zero-order chi connectivity index (χ0) is 19.2. The molecule has 0 fully saturated rings. The van der Waals surface area contributed by atoms with Crippen LogP contribution in [0.3, 0.4) is 0 Å². The second-order valence-electron chi connectivity index (χ2n) is 6.34. The van der Waals surface area contributed by atoms with Crippen LogP contribution in [0, 0.1) is 0 Å². The summed E-state index contributed by atoms with van der Waals surface area (Å²) in [4.78, 5) is 31.3. The van der Waals surface area contributed by atoms with E-state index in [9.17, 15) is 9.59 Å². The quantitative estimate of drug-likeness (QED) is 0.596. The van der Waals surface area contributed by atoms with Gasteiger partial charge in [0, 0.05) is 52.0 Å². The van der Waals surface area contributed by atoms with Crippen LogP contribution < -0.4 is 5.56 Å². The van der Waals surface area contributed by atoms with Crippen molar-refractivity contribution in [2.75, 3.05) is 20.3 Å². The molecule has 0 unspecified atom stereocenters. The molecule has 0 radical (unpaired) electrons. The van der Waals surface area contributed by atoms with Crippen molar-refractivity contribution in [2.24, 2.45) is 7.05 Å². The van der Waals surface area contributed by atoms with Gasteiger partial charge in [-0.3, -0.25) is 18.8 Å². The van der Waals surface area contributed by atoms with Gasteiger partial charge in [0.1, 0.15) is 0 Å². The van der Waals surface area contributed by atoms with Crippen molar-refractivity contribution in [3.05, 3.63) is 58.9 Å². The maximum absolute atomic E-state index is 12.7. The first-order valence-electron chi connectivity index (χ1n) is 8.77. The van der Waals surface area contributed by atoms with Crippen LogP contribution in [0.4, 0.5) is 0 Å². The molecule has 27 heavy (non-hydrogen) atoms. The minimum atomic E-state index is -0.135. The fourth-order valence-corrected chi connectivity index (χ4v) is 2.91. The van der Waals surface area contributed by atoms with Gasteiger partial charge in [-0.25, -0.2) is 4.98 Å². The summed E-state index contributed by atoms with van der Waals surface area (Å²) in [7, 11) is 3.44. The minimum absolute atomic E-state index is 0.0454. The van der Waals surface area contributed by atoms with Gasteiger partial charge in [-0.15, -0.1) is 0 Å². The van der Waals surface area contributed by atoms with E-state index in [0.29, 0.717) is 30.6 Å². The molecule has 0 N–H and O–H groups in total. The molecule has 0 spiro atoms. The van der Waals surface area contributed by atoms with Crippen LogP contribution in [-0.4, -0.2) is 50.4 Å². The molecule has 2 heterocycles. The number of para-hydroxylation sites is 1. The molecule has 0 aliphatic rings. The lowest BCUT2D eigenvalue weighted by Gasteiger charge is -2.22. The number of ether oxygens (including phenoxy) is 1. The summed E-state index contributed by atoms with van der Waals surface area (Å²) in [5.74, 6) is -0.0454. The molecule has 0 atom stereocenters. The molecule has 0 aliphatic carbocycles. The molecule has 0 bridgehead atoms. The fourth-order valence-electron chi connectivity index (χ4n) is 2.91. The molecular formula is C19H23N5O3. The van der Waals surface area contributed by atoms with Crippen LogP contribution in [0.15, 0.2) is 47.8 Å². The molecule has 3 rings (SSSR count). The number of rotatable bonds is 8. The Morgan fingerprint density at radius 1 is 1.30 bits per heavy atom. The number of methoxy groups -OCH3 is 1. The van der Waals surface area contributed by atoms with Crippen LogP contribution in [0.5, 0.6) is 0 Å². The predicted molar refractivity (Wildman–Crippen MR) is 101 cm³/mol. The summed E-state index contributed by atoms with van der Waals surface area (Å²) in [6.45, 7) is 1.67. The minimum Gasteiger partial charge on any atom is -0.383 e. The van der Waals surface area contributed by atoms with Crippen molar-refractivity contribution < 1.29 is 9.53 Å². The van der Waals surface area contributed by atoms with E-state index in [2.05, 4.69) is 10.1 Å². The number of amides is 1. The molecule has 0 saturated carbocycles. The Balaban J connectivity index is 1.69. The fraction of sp³-hybridized carbons (Fsp3) is 0.368. The van der Waals surface area contributed by atoms with Crippen molar-refractivity contribution in [3.63, 3.8) is 0 Å². The highest BCUT2D eigenvalue weighted by Gasteiger charge is 2.15. The highest BCUT2D eigenvalue weighted by atomic mass is 16.5. The molecule has 142 valence electrons. The van der Waals surface area contributed by atoms with E-state index >= 15 is 0 Å². The molecule has 2 aromatic heterocycles. The highest BCUT2D eigenvalue weighted by molar-refractivity contribution is 5.77. The van der Waals surface area contributed by atoms with Gasteiger partial charge in [0.15, 0.2) is 0 Å². The average Bonchev–Trinajstić information content (AvgIpc) is 3.09. The maximum atomic E-state index is 12.7. The Kier molecular flexibility index (Phi) is 5.97. The summed E-state index contributed by atoms with van der Waals surface area (Å²) >= 11 is 0. The van der Waals surface area contributed by atoms with Crippen molar-refractivity contribution in [2.45, 2.75) is 19.5 Å². The first-order valence-corrected chi connectivity index (χ1v) is 8.77. The van der Waals surface area contributed by atoms with E-state index in [0.717, 1.165) is 5.56 Å². The number of carbonyl (C=O) groups excluding carboxylic acids is 1. The standard InChI is InChI=1S/C19H23N5O3/c1-22-12-15(11-21-22)13-23(9-10-27-2)18(25)7-8-24-14-20-17-6-4-3-5-16(17)19(24)26/h3-6,11-12,14H,7-10,13H2,1-2H3. The Hall–Kier alpha value is -3.00. The van der Waals surface area contributed by atoms with Crippen molar-refractivity contribution in [3.8, 4) is 0 Å². The van der Waals surface area contributed by atoms with Crippen LogP contribution in [0.25, 0.3) is 10.9 Å². The molecule has 8 nitrogen and oxygen atoms in total. The summed E-state index contributed by atoms with van der Waals surface area (Å²) in [6.07, 6.45) is 5.33. The van der Waals surface area contributed by atoms with E-state index in [-0.39, 0.29) is 24.4 Å². The average molecular weight is 369 g/mol. The van der Waals surface area contributed by atoms with Crippen molar-refractivity contribution in [1.82, 2.24) is 24.2 Å². The molecule has 0 saturated heterocycles. The number of carbonyl (C=O) groups is 1. The third-order valence-electron chi connectivity index (χ3n) is 4.35. The predicted octanol–water partition coefficient (Wildman–Crippen LogP) is 1.20. The number of aryl methyl sites for hydroxylation is 2. The number of aromatic nitrogens is 4. The largest absolute Gasteiger partial charge is 0.383 e. The lowest BCUT2D eigenvalue weighted by Crippen LogP contribution is -2.34. The summed E-state index contributed by atoms with van der Waals surface area (Å²) in [6, 6.07) is 7.19. The topological polar surface area (TPSA) is 82.2 Å². The number of fused-ring (bicyclic) bond motifs is 1. The zero-order valence-corrected chi connectivity index (χ0v) is 15.5. The number of nitrogens with zero attached hydrogens (tertiary/aromatic N) is 5. The van der Waals surface area contributed by atoms with E-state index in [4.69, 9.17) is 4.74 Å². The summed E-state index contributed by atoms with van der Waals surface area (Å²) in [5, 5.41) is 4.69. The third kappa shape index (κ3) is 4.59. The van der Waals surface area contributed by atoms with Crippen molar-refractivity contribution in [1.29, 1.82) is 0 Å². The third-order valence-corrected chi connectivity index (χ3v) is 4.35. The Morgan fingerprint density at radius 3 is 2.85 bits per heavy atom. The molecular weight excluding hydrogens is 346 g/mol. The van der Waals surface area contributed by atoms with Gasteiger partial charge in [0.25, 0.3) is 5.56 Å². The van der Waals surface area contributed by atoms with E-state index in [1.807, 2.05) is 19.3 Å². The first-order chi connectivity index (χ1) is 13.1. The second kappa shape index (κ2) is 8.59. The Labute approximate surface area is 157 Å². The van der Waals surface area contributed by atoms with Gasteiger partial charge in [-0.1, -0.05) is 12.1 Å². The van der Waals surface area contributed by atoms with Crippen LogP contribution in [0.1, 0.15) is 12.0 Å². The SMILES string of the molecule is COCCN(Cc1cnn(C)c1)C(=O)CCn1cnc2ccccc2c1=O. The lowest BCUT2D eigenvalue weighted by atomic mass is 10.2. The normalized spacial score (nSPS) is 11.0. The number of hydrogen-bond donors (Lipinski definition) is 0. The van der Waals surface area contributed by atoms with Crippen molar-refractivity contribution >= 4 is 16.8 Å². The van der Waals surface area contributed by atoms with E-state index in [1.54, 1.807) is 41.1 Å². The smallest absolute Gasteiger partial charge is 0.261 e. The highest BCUT2D eigenvalue weighted by Crippen LogP contribution is 2.08. The number of hydrogen-bond acceptors (Lipinski definition) is 5.